The number of ether oxygens (including phenoxy) is 1. The van der Waals surface area contributed by atoms with Gasteiger partial charge in [-0.3, -0.25) is 4.90 Å². The van der Waals surface area contributed by atoms with Crippen molar-refractivity contribution < 1.29 is 14.2 Å². The minimum absolute atomic E-state index is 0.177. The van der Waals surface area contributed by atoms with Gasteiger partial charge in [0, 0.05) is 19.5 Å². The topological polar surface area (TPSA) is 32.7 Å². The highest BCUT2D eigenvalue weighted by molar-refractivity contribution is 5.17. The average Bonchev–Trinajstić information content (AvgIpc) is 2.39. The Hall–Kier alpha value is -0.970. The SMILES string of the molecule is CCCN1CCOC(C(O)Cc2cccc(F)c2)C1. The fourth-order valence-corrected chi connectivity index (χ4v) is 2.52. The lowest BCUT2D eigenvalue weighted by Gasteiger charge is -2.35. The first kappa shape index (κ1) is 14.4. The molecule has 1 aliphatic heterocycles. The zero-order chi connectivity index (χ0) is 13.7. The molecule has 0 bridgehead atoms. The highest BCUT2D eigenvalue weighted by Gasteiger charge is 2.26. The van der Waals surface area contributed by atoms with Gasteiger partial charge in [0.2, 0.25) is 0 Å². The van der Waals surface area contributed by atoms with E-state index >= 15 is 0 Å². The molecule has 1 heterocycles. The molecule has 106 valence electrons. The van der Waals surface area contributed by atoms with Crippen molar-refractivity contribution in [3.05, 3.63) is 35.6 Å². The van der Waals surface area contributed by atoms with Gasteiger partial charge in [0.25, 0.3) is 0 Å². The molecule has 0 spiro atoms. The van der Waals surface area contributed by atoms with Gasteiger partial charge in [-0.25, -0.2) is 4.39 Å². The van der Waals surface area contributed by atoms with Crippen LogP contribution in [0.5, 0.6) is 0 Å². The van der Waals surface area contributed by atoms with Crippen molar-refractivity contribution in [1.82, 2.24) is 4.90 Å². The van der Waals surface area contributed by atoms with Gasteiger partial charge in [-0.15, -0.1) is 0 Å². The number of morpholine rings is 1. The largest absolute Gasteiger partial charge is 0.390 e. The molecule has 0 amide bonds. The third kappa shape index (κ3) is 4.27. The van der Waals surface area contributed by atoms with E-state index in [2.05, 4.69) is 11.8 Å². The molecule has 1 aromatic rings. The lowest BCUT2D eigenvalue weighted by Crippen LogP contribution is -2.48. The summed E-state index contributed by atoms with van der Waals surface area (Å²) in [6.07, 6.45) is 0.778. The fourth-order valence-electron chi connectivity index (χ4n) is 2.52. The quantitative estimate of drug-likeness (QED) is 0.883. The maximum absolute atomic E-state index is 13.1. The van der Waals surface area contributed by atoms with E-state index in [9.17, 15) is 9.50 Å². The van der Waals surface area contributed by atoms with Crippen molar-refractivity contribution in [1.29, 1.82) is 0 Å². The van der Waals surface area contributed by atoms with E-state index in [4.69, 9.17) is 4.74 Å². The molecule has 1 aromatic carbocycles. The van der Waals surface area contributed by atoms with E-state index in [0.29, 0.717) is 13.0 Å². The number of hydrogen-bond acceptors (Lipinski definition) is 3. The standard InChI is InChI=1S/C15H22FNO2/c1-2-6-17-7-8-19-15(11-17)14(18)10-12-4-3-5-13(16)9-12/h3-5,9,14-15,18H,2,6-8,10-11H2,1H3. The van der Waals surface area contributed by atoms with Crippen LogP contribution in [-0.2, 0) is 11.2 Å². The first-order valence-electron chi connectivity index (χ1n) is 6.95. The van der Waals surface area contributed by atoms with Crippen LogP contribution < -0.4 is 0 Å². The van der Waals surface area contributed by atoms with Gasteiger partial charge in [0.1, 0.15) is 5.82 Å². The number of halogens is 1. The van der Waals surface area contributed by atoms with Crippen molar-refractivity contribution in [2.75, 3.05) is 26.2 Å². The lowest BCUT2D eigenvalue weighted by molar-refractivity contribution is -0.0877. The summed E-state index contributed by atoms with van der Waals surface area (Å²) < 4.78 is 18.7. The van der Waals surface area contributed by atoms with Gasteiger partial charge in [0.05, 0.1) is 18.8 Å². The first-order valence-corrected chi connectivity index (χ1v) is 6.95. The van der Waals surface area contributed by atoms with Crippen LogP contribution in [0.25, 0.3) is 0 Å². The Morgan fingerprint density at radius 3 is 3.11 bits per heavy atom. The van der Waals surface area contributed by atoms with E-state index in [1.807, 2.05) is 6.07 Å². The molecular weight excluding hydrogens is 245 g/mol. The Balaban J connectivity index is 1.90. The van der Waals surface area contributed by atoms with Crippen LogP contribution in [0.15, 0.2) is 24.3 Å². The third-order valence-electron chi connectivity index (χ3n) is 3.48. The predicted octanol–water partition coefficient (Wildman–Crippen LogP) is 1.84. The Bertz CT molecular complexity index is 397. The number of rotatable bonds is 5. The fraction of sp³-hybridized carbons (Fsp3) is 0.600. The van der Waals surface area contributed by atoms with Gasteiger partial charge in [-0.1, -0.05) is 19.1 Å². The number of aliphatic hydroxyl groups excluding tert-OH is 1. The molecule has 1 saturated heterocycles. The Labute approximate surface area is 114 Å². The summed E-state index contributed by atoms with van der Waals surface area (Å²) in [5.74, 6) is -0.262. The summed E-state index contributed by atoms with van der Waals surface area (Å²) in [5.41, 5.74) is 0.809. The molecule has 2 rings (SSSR count). The number of benzene rings is 1. The molecule has 1 N–H and O–H groups in total. The number of aliphatic hydroxyl groups is 1. The van der Waals surface area contributed by atoms with Crippen molar-refractivity contribution in [2.24, 2.45) is 0 Å². The lowest BCUT2D eigenvalue weighted by atomic mass is 10.0. The van der Waals surface area contributed by atoms with Crippen LogP contribution in [0.3, 0.4) is 0 Å². The van der Waals surface area contributed by atoms with Crippen molar-refractivity contribution in [3.63, 3.8) is 0 Å². The van der Waals surface area contributed by atoms with Gasteiger partial charge in [0.15, 0.2) is 0 Å². The molecule has 1 fully saturated rings. The van der Waals surface area contributed by atoms with E-state index < -0.39 is 6.10 Å². The van der Waals surface area contributed by atoms with Crippen LogP contribution in [0, 0.1) is 5.82 Å². The second kappa shape index (κ2) is 6.98. The second-order valence-electron chi connectivity index (χ2n) is 5.11. The van der Waals surface area contributed by atoms with E-state index in [-0.39, 0.29) is 11.9 Å². The van der Waals surface area contributed by atoms with Gasteiger partial charge in [-0.2, -0.15) is 0 Å². The molecule has 0 aliphatic carbocycles. The normalized spacial score (nSPS) is 22.4. The van der Waals surface area contributed by atoms with Crippen molar-refractivity contribution in [2.45, 2.75) is 32.0 Å². The van der Waals surface area contributed by atoms with Gasteiger partial charge < -0.3 is 9.84 Å². The maximum Gasteiger partial charge on any atom is 0.123 e. The molecular formula is C15H22FNO2. The Kier molecular flexibility index (Phi) is 5.31. The van der Waals surface area contributed by atoms with Crippen LogP contribution in [-0.4, -0.2) is 48.5 Å². The molecule has 0 radical (unpaired) electrons. The van der Waals surface area contributed by atoms with Crippen LogP contribution >= 0.6 is 0 Å². The van der Waals surface area contributed by atoms with E-state index in [1.165, 1.54) is 12.1 Å². The smallest absolute Gasteiger partial charge is 0.123 e. The van der Waals surface area contributed by atoms with Crippen LogP contribution in [0.4, 0.5) is 4.39 Å². The second-order valence-corrected chi connectivity index (χ2v) is 5.11. The summed E-state index contributed by atoms with van der Waals surface area (Å²) in [6, 6.07) is 6.38. The van der Waals surface area contributed by atoms with E-state index in [0.717, 1.165) is 31.6 Å². The van der Waals surface area contributed by atoms with Crippen LogP contribution in [0.1, 0.15) is 18.9 Å². The van der Waals surface area contributed by atoms with Crippen molar-refractivity contribution in [3.8, 4) is 0 Å². The molecule has 1 aliphatic rings. The molecule has 4 heteroatoms. The Morgan fingerprint density at radius 2 is 2.37 bits per heavy atom. The third-order valence-corrected chi connectivity index (χ3v) is 3.48. The van der Waals surface area contributed by atoms with Crippen LogP contribution in [0.2, 0.25) is 0 Å². The summed E-state index contributed by atoms with van der Waals surface area (Å²) in [5, 5.41) is 10.2. The maximum atomic E-state index is 13.1. The minimum Gasteiger partial charge on any atom is -0.390 e. The molecule has 2 atom stereocenters. The molecule has 19 heavy (non-hydrogen) atoms. The average molecular weight is 267 g/mol. The zero-order valence-corrected chi connectivity index (χ0v) is 11.4. The van der Waals surface area contributed by atoms with Crippen molar-refractivity contribution >= 4 is 0 Å². The monoisotopic (exact) mass is 267 g/mol. The molecule has 0 saturated carbocycles. The van der Waals surface area contributed by atoms with Gasteiger partial charge in [-0.05, 0) is 30.7 Å². The number of hydrogen-bond donors (Lipinski definition) is 1. The molecule has 0 aromatic heterocycles. The summed E-state index contributed by atoms with van der Waals surface area (Å²) in [4.78, 5) is 2.31. The summed E-state index contributed by atoms with van der Waals surface area (Å²) in [7, 11) is 0. The highest BCUT2D eigenvalue weighted by Crippen LogP contribution is 2.14. The molecule has 2 unspecified atom stereocenters. The highest BCUT2D eigenvalue weighted by atomic mass is 19.1. The molecule has 3 nitrogen and oxygen atoms in total. The van der Waals surface area contributed by atoms with Gasteiger partial charge >= 0.3 is 0 Å². The Morgan fingerprint density at radius 1 is 1.53 bits per heavy atom. The summed E-state index contributed by atoms with van der Waals surface area (Å²) >= 11 is 0. The number of nitrogens with zero attached hydrogens (tertiary/aromatic N) is 1. The minimum atomic E-state index is -0.582. The zero-order valence-electron chi connectivity index (χ0n) is 11.4. The summed E-state index contributed by atoms with van der Waals surface area (Å²) in [6.45, 7) is 5.52. The van der Waals surface area contributed by atoms with E-state index in [1.54, 1.807) is 6.07 Å². The first-order chi connectivity index (χ1) is 9.19. The predicted molar refractivity (Wildman–Crippen MR) is 72.6 cm³/mol.